The molecule has 2 amide bonds. The van der Waals surface area contributed by atoms with Crippen LogP contribution in [0.4, 0.5) is 11.4 Å². The van der Waals surface area contributed by atoms with Crippen LogP contribution in [0.2, 0.25) is 0 Å². The van der Waals surface area contributed by atoms with E-state index in [1.807, 2.05) is 13.0 Å². The van der Waals surface area contributed by atoms with Gasteiger partial charge in [-0.2, -0.15) is 0 Å². The van der Waals surface area contributed by atoms with Gasteiger partial charge < -0.3 is 10.1 Å². The fourth-order valence-electron chi connectivity index (χ4n) is 3.11. The monoisotopic (exact) mass is 510 g/mol. The molecule has 6 nitrogen and oxygen atoms in total. The predicted molar refractivity (Wildman–Crippen MR) is 126 cm³/mol. The van der Waals surface area contributed by atoms with E-state index in [-0.39, 0.29) is 10.7 Å². The summed E-state index contributed by atoms with van der Waals surface area (Å²) in [6.07, 6.45) is 0. The van der Waals surface area contributed by atoms with Gasteiger partial charge in [0.05, 0.1) is 11.3 Å². The Labute approximate surface area is 197 Å². The summed E-state index contributed by atoms with van der Waals surface area (Å²) in [5.41, 5.74) is 2.18. The lowest BCUT2D eigenvalue weighted by molar-refractivity contribution is -0.120. The Morgan fingerprint density at radius 1 is 0.969 bits per heavy atom. The summed E-state index contributed by atoms with van der Waals surface area (Å²) < 4.78 is 6.19. The van der Waals surface area contributed by atoms with Gasteiger partial charge >= 0.3 is 5.97 Å². The van der Waals surface area contributed by atoms with Crippen molar-refractivity contribution in [1.29, 1.82) is 0 Å². The lowest BCUT2D eigenvalue weighted by Crippen LogP contribution is -2.32. The zero-order valence-electron chi connectivity index (χ0n) is 16.8. The van der Waals surface area contributed by atoms with Crippen LogP contribution in [0.3, 0.4) is 0 Å². The highest BCUT2D eigenvalue weighted by atomic mass is 79.9. The fraction of sp³-hybridized carbons (Fsp3) is 0.0417. The normalized spacial score (nSPS) is 13.5. The molecule has 3 aromatic carbocycles. The van der Waals surface area contributed by atoms with Crippen molar-refractivity contribution in [2.24, 2.45) is 0 Å². The van der Waals surface area contributed by atoms with Crippen LogP contribution in [0.15, 0.2) is 88.0 Å². The van der Waals surface area contributed by atoms with Gasteiger partial charge in [0.25, 0.3) is 11.8 Å². The molecule has 4 rings (SSSR count). The molecule has 8 heteroatoms. The Kier molecular flexibility index (Phi) is 6.12. The van der Waals surface area contributed by atoms with Gasteiger partial charge in [-0.1, -0.05) is 39.7 Å². The number of imide groups is 1. The molecule has 1 N–H and O–H groups in total. The summed E-state index contributed by atoms with van der Waals surface area (Å²) in [5.74, 6) is -1.23. The van der Waals surface area contributed by atoms with E-state index >= 15 is 0 Å². The van der Waals surface area contributed by atoms with E-state index in [0.29, 0.717) is 22.7 Å². The number of rotatable bonds is 5. The molecule has 1 aliphatic heterocycles. The predicted octanol–water partition coefficient (Wildman–Crippen LogP) is 5.41. The molecule has 0 saturated heterocycles. The van der Waals surface area contributed by atoms with Crippen molar-refractivity contribution in [3.05, 3.63) is 99.1 Å². The minimum atomic E-state index is -0.611. The van der Waals surface area contributed by atoms with Crippen molar-refractivity contribution in [2.75, 3.05) is 10.2 Å². The zero-order chi connectivity index (χ0) is 22.8. The molecule has 3 aromatic rings. The molecule has 160 valence electrons. The Bertz CT molecular complexity index is 1250. The van der Waals surface area contributed by atoms with Crippen molar-refractivity contribution >= 4 is 56.7 Å². The maximum Gasteiger partial charge on any atom is 0.343 e. The van der Waals surface area contributed by atoms with Gasteiger partial charge in [0, 0.05) is 10.2 Å². The van der Waals surface area contributed by atoms with Crippen LogP contribution in [0, 0.1) is 6.92 Å². The van der Waals surface area contributed by atoms with Crippen molar-refractivity contribution in [3.8, 4) is 5.75 Å². The molecule has 0 atom stereocenters. The maximum atomic E-state index is 12.8. The summed E-state index contributed by atoms with van der Waals surface area (Å²) in [7, 11) is 0. The second-order valence-corrected chi connectivity index (χ2v) is 8.31. The van der Waals surface area contributed by atoms with Crippen molar-refractivity contribution < 1.29 is 19.1 Å². The molecular formula is C24H16BrClN2O4. The molecule has 1 heterocycles. The minimum absolute atomic E-state index is 0.0327. The van der Waals surface area contributed by atoms with Crippen LogP contribution in [-0.4, -0.2) is 17.8 Å². The molecule has 0 saturated carbocycles. The van der Waals surface area contributed by atoms with E-state index in [1.165, 1.54) is 0 Å². The van der Waals surface area contributed by atoms with Crippen LogP contribution in [0.5, 0.6) is 5.75 Å². The van der Waals surface area contributed by atoms with Crippen LogP contribution >= 0.6 is 27.5 Å². The number of carbonyl (C=O) groups is 3. The van der Waals surface area contributed by atoms with E-state index in [9.17, 15) is 14.4 Å². The number of halogens is 2. The highest BCUT2D eigenvalue weighted by Crippen LogP contribution is 2.31. The molecular weight excluding hydrogens is 496 g/mol. The van der Waals surface area contributed by atoms with Gasteiger partial charge in [0.1, 0.15) is 16.5 Å². The maximum absolute atomic E-state index is 12.8. The first-order chi connectivity index (χ1) is 15.3. The van der Waals surface area contributed by atoms with Crippen molar-refractivity contribution in [1.82, 2.24) is 0 Å². The number of hydrogen-bond donors (Lipinski definition) is 1. The van der Waals surface area contributed by atoms with E-state index in [1.54, 1.807) is 66.7 Å². The largest absolute Gasteiger partial charge is 0.423 e. The van der Waals surface area contributed by atoms with E-state index in [0.717, 1.165) is 14.9 Å². The molecule has 1 aliphatic rings. The number of carbonyl (C=O) groups excluding carboxylic acids is 3. The standard InChI is InChI=1S/C24H16BrClN2O4/c1-14-3-2-4-19(13-14)32-24(31)15-5-9-17(10-6-15)27-21-20(26)22(29)28(23(21)30)18-11-7-16(25)8-12-18/h2-13,27H,1H3. The van der Waals surface area contributed by atoms with Gasteiger partial charge in [-0.3, -0.25) is 9.59 Å². The lowest BCUT2D eigenvalue weighted by Gasteiger charge is -2.15. The number of ether oxygens (including phenoxy) is 1. The highest BCUT2D eigenvalue weighted by Gasteiger charge is 2.38. The number of hydrogen-bond acceptors (Lipinski definition) is 5. The molecule has 0 aromatic heterocycles. The Morgan fingerprint density at radius 2 is 1.66 bits per heavy atom. The lowest BCUT2D eigenvalue weighted by atomic mass is 10.2. The molecule has 32 heavy (non-hydrogen) atoms. The number of anilines is 2. The number of benzene rings is 3. The number of nitrogens with one attached hydrogen (secondary N) is 1. The molecule has 0 unspecified atom stereocenters. The molecule has 0 fully saturated rings. The smallest absolute Gasteiger partial charge is 0.343 e. The SMILES string of the molecule is Cc1cccc(OC(=O)c2ccc(NC3=C(Cl)C(=O)N(c4ccc(Br)cc4)C3=O)cc2)c1. The third-order valence-electron chi connectivity index (χ3n) is 4.70. The summed E-state index contributed by atoms with van der Waals surface area (Å²) in [6.45, 7) is 1.91. The molecule has 0 bridgehead atoms. The van der Waals surface area contributed by atoms with E-state index < -0.39 is 17.8 Å². The molecule has 0 radical (unpaired) electrons. The minimum Gasteiger partial charge on any atom is -0.423 e. The van der Waals surface area contributed by atoms with Crippen LogP contribution in [0.1, 0.15) is 15.9 Å². The van der Waals surface area contributed by atoms with Gasteiger partial charge in [-0.05, 0) is 73.2 Å². The summed E-state index contributed by atoms with van der Waals surface area (Å²) in [6, 6.07) is 20.2. The average Bonchev–Trinajstić information content (AvgIpc) is 2.98. The van der Waals surface area contributed by atoms with E-state index in [2.05, 4.69) is 21.2 Å². The second-order valence-electron chi connectivity index (χ2n) is 7.02. The number of amides is 2. The first-order valence-corrected chi connectivity index (χ1v) is 10.7. The zero-order valence-corrected chi connectivity index (χ0v) is 19.1. The summed E-state index contributed by atoms with van der Waals surface area (Å²) >= 11 is 9.48. The van der Waals surface area contributed by atoms with E-state index in [4.69, 9.17) is 16.3 Å². The quantitative estimate of drug-likeness (QED) is 0.281. The second kappa shape index (κ2) is 8.98. The number of nitrogens with zero attached hydrogens (tertiary/aromatic N) is 1. The summed E-state index contributed by atoms with van der Waals surface area (Å²) in [5, 5.41) is 2.67. The Hall–Kier alpha value is -3.42. The van der Waals surface area contributed by atoms with Gasteiger partial charge in [0.2, 0.25) is 0 Å². The first kappa shape index (κ1) is 21.8. The van der Waals surface area contributed by atoms with Gasteiger partial charge in [-0.25, -0.2) is 9.69 Å². The first-order valence-electron chi connectivity index (χ1n) is 9.53. The third kappa shape index (κ3) is 4.44. The Balaban J connectivity index is 1.48. The van der Waals surface area contributed by atoms with Gasteiger partial charge in [0.15, 0.2) is 0 Å². The Morgan fingerprint density at radius 3 is 2.31 bits per heavy atom. The van der Waals surface area contributed by atoms with Gasteiger partial charge in [-0.15, -0.1) is 0 Å². The number of esters is 1. The van der Waals surface area contributed by atoms with Crippen molar-refractivity contribution in [3.63, 3.8) is 0 Å². The fourth-order valence-corrected chi connectivity index (χ4v) is 3.59. The van der Waals surface area contributed by atoms with Crippen LogP contribution in [0.25, 0.3) is 0 Å². The van der Waals surface area contributed by atoms with Crippen LogP contribution < -0.4 is 15.0 Å². The highest BCUT2D eigenvalue weighted by molar-refractivity contribution is 9.10. The topological polar surface area (TPSA) is 75.7 Å². The molecule has 0 aliphatic carbocycles. The third-order valence-corrected chi connectivity index (χ3v) is 5.58. The average molecular weight is 512 g/mol. The molecule has 0 spiro atoms. The van der Waals surface area contributed by atoms with Crippen molar-refractivity contribution in [2.45, 2.75) is 6.92 Å². The van der Waals surface area contributed by atoms with Crippen LogP contribution in [-0.2, 0) is 9.59 Å². The summed E-state index contributed by atoms with van der Waals surface area (Å²) in [4.78, 5) is 38.8. The number of aryl methyl sites for hydroxylation is 1.